The summed E-state index contributed by atoms with van der Waals surface area (Å²) < 4.78 is 11.6. The number of piperidine rings is 1. The summed E-state index contributed by atoms with van der Waals surface area (Å²) in [6.07, 6.45) is 6.03. The highest BCUT2D eigenvalue weighted by Crippen LogP contribution is 2.36. The lowest BCUT2D eigenvalue weighted by atomic mass is 9.90. The SMILES string of the molecule is COc1ccc([C@@H]2CCC(=O)N(C(C)=O)C2)cc1OC1CCCC1. The molecule has 2 amide bonds. The summed E-state index contributed by atoms with van der Waals surface area (Å²) in [5, 5.41) is 0. The summed E-state index contributed by atoms with van der Waals surface area (Å²) >= 11 is 0. The first-order valence-electron chi connectivity index (χ1n) is 8.74. The predicted octanol–water partition coefficient (Wildman–Crippen LogP) is 3.27. The second-order valence-corrected chi connectivity index (χ2v) is 6.69. The quantitative estimate of drug-likeness (QED) is 0.850. The van der Waals surface area contributed by atoms with Gasteiger partial charge in [0.2, 0.25) is 11.8 Å². The van der Waals surface area contributed by atoms with Crippen LogP contribution in [0, 0.1) is 0 Å². The Hall–Kier alpha value is -2.04. The molecule has 5 heteroatoms. The van der Waals surface area contributed by atoms with Crippen molar-refractivity contribution in [3.05, 3.63) is 23.8 Å². The maximum absolute atomic E-state index is 11.9. The van der Waals surface area contributed by atoms with Gasteiger partial charge < -0.3 is 9.47 Å². The Morgan fingerprint density at radius 1 is 1.17 bits per heavy atom. The second kappa shape index (κ2) is 7.24. The number of imide groups is 1. The zero-order valence-corrected chi connectivity index (χ0v) is 14.4. The van der Waals surface area contributed by atoms with Crippen molar-refractivity contribution >= 4 is 11.8 Å². The van der Waals surface area contributed by atoms with Crippen LogP contribution < -0.4 is 9.47 Å². The number of carbonyl (C=O) groups is 2. The van der Waals surface area contributed by atoms with E-state index in [9.17, 15) is 9.59 Å². The van der Waals surface area contributed by atoms with E-state index in [1.54, 1.807) is 7.11 Å². The molecule has 1 aromatic rings. The smallest absolute Gasteiger partial charge is 0.229 e. The molecule has 1 aliphatic carbocycles. The molecular formula is C19H25NO4. The standard InChI is InChI=1S/C19H25NO4/c1-13(21)20-12-15(8-10-19(20)22)14-7-9-17(23-2)18(11-14)24-16-5-3-4-6-16/h7,9,11,15-16H,3-6,8,10,12H2,1-2H3/t15-/m1/s1. The molecule has 0 unspecified atom stereocenters. The summed E-state index contributed by atoms with van der Waals surface area (Å²) in [5.41, 5.74) is 1.10. The van der Waals surface area contributed by atoms with Gasteiger partial charge in [-0.15, -0.1) is 0 Å². The molecule has 3 rings (SSSR count). The van der Waals surface area contributed by atoms with E-state index in [2.05, 4.69) is 0 Å². The van der Waals surface area contributed by atoms with Crippen LogP contribution in [-0.2, 0) is 9.59 Å². The van der Waals surface area contributed by atoms with Crippen molar-refractivity contribution in [2.45, 2.75) is 57.5 Å². The highest BCUT2D eigenvalue weighted by Gasteiger charge is 2.29. The first-order chi connectivity index (χ1) is 11.6. The lowest BCUT2D eigenvalue weighted by molar-refractivity contribution is -0.145. The third-order valence-corrected chi connectivity index (χ3v) is 5.05. The number of methoxy groups -OCH3 is 1. The van der Waals surface area contributed by atoms with Crippen LogP contribution in [0.3, 0.4) is 0 Å². The molecule has 5 nitrogen and oxygen atoms in total. The monoisotopic (exact) mass is 331 g/mol. The molecule has 24 heavy (non-hydrogen) atoms. The highest BCUT2D eigenvalue weighted by molar-refractivity contribution is 5.94. The Kier molecular flexibility index (Phi) is 5.07. The average molecular weight is 331 g/mol. The summed E-state index contributed by atoms with van der Waals surface area (Å²) in [7, 11) is 1.65. The number of amides is 2. The van der Waals surface area contributed by atoms with Gasteiger partial charge in [-0.3, -0.25) is 14.5 Å². The molecule has 0 radical (unpaired) electrons. The number of ether oxygens (including phenoxy) is 2. The highest BCUT2D eigenvalue weighted by atomic mass is 16.5. The minimum atomic E-state index is -0.180. The number of rotatable bonds is 4. The molecule has 130 valence electrons. The Morgan fingerprint density at radius 3 is 2.58 bits per heavy atom. The number of nitrogens with zero attached hydrogens (tertiary/aromatic N) is 1. The fourth-order valence-corrected chi connectivity index (χ4v) is 3.65. The van der Waals surface area contributed by atoms with E-state index in [0.717, 1.165) is 36.3 Å². The predicted molar refractivity (Wildman–Crippen MR) is 90.2 cm³/mol. The number of hydrogen-bond acceptors (Lipinski definition) is 4. The minimum Gasteiger partial charge on any atom is -0.493 e. The summed E-state index contributed by atoms with van der Waals surface area (Å²) in [6, 6.07) is 5.96. The Labute approximate surface area is 142 Å². The van der Waals surface area contributed by atoms with Crippen LogP contribution in [0.15, 0.2) is 18.2 Å². The van der Waals surface area contributed by atoms with Crippen molar-refractivity contribution in [1.29, 1.82) is 0 Å². The molecule has 0 bridgehead atoms. The van der Waals surface area contributed by atoms with Crippen LogP contribution in [-0.4, -0.2) is 36.5 Å². The fraction of sp³-hybridized carbons (Fsp3) is 0.579. The van der Waals surface area contributed by atoms with Gasteiger partial charge in [-0.25, -0.2) is 0 Å². The van der Waals surface area contributed by atoms with Gasteiger partial charge >= 0.3 is 0 Å². The van der Waals surface area contributed by atoms with Crippen LogP contribution in [0.5, 0.6) is 11.5 Å². The molecule has 1 atom stereocenters. The molecule has 0 aromatic heterocycles. The number of hydrogen-bond donors (Lipinski definition) is 0. The van der Waals surface area contributed by atoms with Crippen LogP contribution in [0.2, 0.25) is 0 Å². The van der Waals surface area contributed by atoms with Gasteiger partial charge in [0.05, 0.1) is 13.2 Å². The molecule has 0 N–H and O–H groups in total. The van der Waals surface area contributed by atoms with Gasteiger partial charge in [-0.2, -0.15) is 0 Å². The molecule has 2 fully saturated rings. The van der Waals surface area contributed by atoms with Crippen LogP contribution in [0.25, 0.3) is 0 Å². The van der Waals surface area contributed by atoms with Crippen molar-refractivity contribution < 1.29 is 19.1 Å². The summed E-state index contributed by atoms with van der Waals surface area (Å²) in [4.78, 5) is 24.9. The molecule has 1 heterocycles. The molecule has 1 aromatic carbocycles. The van der Waals surface area contributed by atoms with Crippen LogP contribution >= 0.6 is 0 Å². The lowest BCUT2D eigenvalue weighted by Crippen LogP contribution is -2.42. The molecule has 2 aliphatic rings. The van der Waals surface area contributed by atoms with E-state index in [4.69, 9.17) is 9.47 Å². The van der Waals surface area contributed by atoms with Crippen LogP contribution in [0.1, 0.15) is 56.9 Å². The van der Waals surface area contributed by atoms with E-state index in [1.165, 1.54) is 24.7 Å². The van der Waals surface area contributed by atoms with E-state index >= 15 is 0 Å². The Morgan fingerprint density at radius 2 is 1.92 bits per heavy atom. The molecular weight excluding hydrogens is 306 g/mol. The van der Waals surface area contributed by atoms with Gasteiger partial charge in [0.1, 0.15) is 0 Å². The van der Waals surface area contributed by atoms with Gasteiger partial charge in [0.15, 0.2) is 11.5 Å². The first kappa shape index (κ1) is 16.8. The Balaban J connectivity index is 1.80. The van der Waals surface area contributed by atoms with Gasteiger partial charge in [-0.05, 0) is 49.8 Å². The van der Waals surface area contributed by atoms with Crippen LogP contribution in [0.4, 0.5) is 0 Å². The maximum atomic E-state index is 11.9. The Bertz CT molecular complexity index is 622. The van der Waals surface area contributed by atoms with Gasteiger partial charge in [0, 0.05) is 25.8 Å². The second-order valence-electron chi connectivity index (χ2n) is 6.69. The van der Waals surface area contributed by atoms with E-state index in [1.807, 2.05) is 18.2 Å². The van der Waals surface area contributed by atoms with Crippen molar-refractivity contribution in [2.75, 3.05) is 13.7 Å². The third-order valence-electron chi connectivity index (χ3n) is 5.05. The van der Waals surface area contributed by atoms with E-state index in [0.29, 0.717) is 13.0 Å². The zero-order chi connectivity index (χ0) is 17.1. The normalized spacial score (nSPS) is 21.8. The topological polar surface area (TPSA) is 55.8 Å². The number of likely N-dealkylation sites (tertiary alicyclic amines) is 1. The molecule has 0 spiro atoms. The number of benzene rings is 1. The fourth-order valence-electron chi connectivity index (χ4n) is 3.65. The first-order valence-corrected chi connectivity index (χ1v) is 8.74. The largest absolute Gasteiger partial charge is 0.493 e. The van der Waals surface area contributed by atoms with Crippen molar-refractivity contribution in [3.63, 3.8) is 0 Å². The molecule has 1 aliphatic heterocycles. The average Bonchev–Trinajstić information content (AvgIpc) is 3.08. The summed E-state index contributed by atoms with van der Waals surface area (Å²) in [5.74, 6) is 1.41. The van der Waals surface area contributed by atoms with Crippen molar-refractivity contribution in [1.82, 2.24) is 4.90 Å². The lowest BCUT2D eigenvalue weighted by Gasteiger charge is -2.31. The number of carbonyl (C=O) groups excluding carboxylic acids is 2. The molecule has 1 saturated carbocycles. The molecule has 1 saturated heterocycles. The minimum absolute atomic E-state index is 0.0744. The van der Waals surface area contributed by atoms with Crippen molar-refractivity contribution in [3.8, 4) is 11.5 Å². The van der Waals surface area contributed by atoms with E-state index < -0.39 is 0 Å². The van der Waals surface area contributed by atoms with Gasteiger partial charge in [0.25, 0.3) is 0 Å². The van der Waals surface area contributed by atoms with Gasteiger partial charge in [-0.1, -0.05) is 6.07 Å². The zero-order valence-electron chi connectivity index (χ0n) is 14.4. The summed E-state index contributed by atoms with van der Waals surface area (Å²) in [6.45, 7) is 1.90. The maximum Gasteiger partial charge on any atom is 0.229 e. The van der Waals surface area contributed by atoms with Crippen molar-refractivity contribution in [2.24, 2.45) is 0 Å². The van der Waals surface area contributed by atoms with E-state index in [-0.39, 0.29) is 23.8 Å². The third kappa shape index (κ3) is 3.55.